The Labute approximate surface area is 90.3 Å². The smallest absolute Gasteiger partial charge is 0.0969 e. The Morgan fingerprint density at radius 3 is 2.47 bits per heavy atom. The summed E-state index contributed by atoms with van der Waals surface area (Å²) in [5.41, 5.74) is 0. The normalized spacial score (nSPS) is 12.7. The van der Waals surface area contributed by atoms with Crippen LogP contribution in [0.5, 0.6) is 0 Å². The molecule has 0 saturated heterocycles. The fourth-order valence-electron chi connectivity index (χ4n) is 1.03. The Kier molecular flexibility index (Phi) is 9.46. The minimum Gasteiger partial charge on any atom is -0.547 e. The molecule has 0 radical (unpaired) electrons. The zero-order chi connectivity index (χ0) is 11.5. The van der Waals surface area contributed by atoms with Crippen molar-refractivity contribution in [3.8, 4) is 0 Å². The van der Waals surface area contributed by atoms with Gasteiger partial charge in [-0.1, -0.05) is 13.3 Å². The minimum atomic E-state index is -1.16. The van der Waals surface area contributed by atoms with Gasteiger partial charge in [-0.2, -0.15) is 0 Å². The van der Waals surface area contributed by atoms with Crippen LogP contribution in [0, 0.1) is 0 Å². The summed E-state index contributed by atoms with van der Waals surface area (Å²) in [7, 11) is 1.59. The number of carboxylic acid groups (broad SMARTS) is 1. The lowest BCUT2D eigenvalue weighted by molar-refractivity contribution is -0.317. The van der Waals surface area contributed by atoms with Crippen molar-refractivity contribution >= 4 is 5.97 Å². The van der Waals surface area contributed by atoms with Gasteiger partial charge in [-0.3, -0.25) is 0 Å². The molecule has 0 aliphatic carbocycles. The van der Waals surface area contributed by atoms with Gasteiger partial charge in [0.1, 0.15) is 0 Å². The summed E-state index contributed by atoms with van der Waals surface area (Å²) in [6.07, 6.45) is 0.407. The topological polar surface area (TPSA) is 67.8 Å². The van der Waals surface area contributed by atoms with Gasteiger partial charge in [0.05, 0.1) is 38.5 Å². The fraction of sp³-hybridized carbons (Fsp3) is 0.900. The first-order chi connectivity index (χ1) is 7.22. The quantitative estimate of drug-likeness (QED) is 0.467. The molecular weight excluding hydrogens is 200 g/mol. The Bertz CT molecular complexity index is 160. The van der Waals surface area contributed by atoms with Gasteiger partial charge >= 0.3 is 0 Å². The second kappa shape index (κ2) is 9.89. The molecule has 0 fully saturated rings. The predicted octanol–water partition coefficient (Wildman–Crippen LogP) is -0.415. The number of ether oxygens (including phenoxy) is 3. The first kappa shape index (κ1) is 14.3. The van der Waals surface area contributed by atoms with Crippen LogP contribution in [0.4, 0.5) is 0 Å². The molecule has 0 heterocycles. The number of hydrogen-bond donors (Lipinski definition) is 0. The van der Waals surface area contributed by atoms with Crippen LogP contribution in [-0.2, 0) is 19.0 Å². The number of rotatable bonds is 10. The Balaban J connectivity index is 3.41. The monoisotopic (exact) mass is 219 g/mol. The Morgan fingerprint density at radius 2 is 1.93 bits per heavy atom. The van der Waals surface area contributed by atoms with Gasteiger partial charge < -0.3 is 24.1 Å². The van der Waals surface area contributed by atoms with E-state index in [1.165, 1.54) is 0 Å². The van der Waals surface area contributed by atoms with E-state index in [4.69, 9.17) is 14.2 Å². The van der Waals surface area contributed by atoms with Crippen molar-refractivity contribution in [2.24, 2.45) is 0 Å². The van der Waals surface area contributed by atoms with Crippen molar-refractivity contribution in [2.45, 2.75) is 25.9 Å². The summed E-state index contributed by atoms with van der Waals surface area (Å²) in [4.78, 5) is 10.6. The van der Waals surface area contributed by atoms with Gasteiger partial charge in [0.2, 0.25) is 0 Å². The van der Waals surface area contributed by atoms with E-state index in [9.17, 15) is 9.90 Å². The summed E-state index contributed by atoms with van der Waals surface area (Å²) in [5, 5.41) is 10.6. The van der Waals surface area contributed by atoms with Crippen molar-refractivity contribution in [3.63, 3.8) is 0 Å². The first-order valence-corrected chi connectivity index (χ1v) is 5.11. The van der Waals surface area contributed by atoms with Crippen molar-refractivity contribution < 1.29 is 24.1 Å². The van der Waals surface area contributed by atoms with Crippen molar-refractivity contribution in [1.29, 1.82) is 0 Å². The van der Waals surface area contributed by atoms with Gasteiger partial charge in [-0.25, -0.2) is 0 Å². The van der Waals surface area contributed by atoms with E-state index < -0.39 is 12.1 Å². The van der Waals surface area contributed by atoms with Crippen LogP contribution >= 0.6 is 0 Å². The van der Waals surface area contributed by atoms with Gasteiger partial charge in [0, 0.05) is 7.11 Å². The molecule has 0 N–H and O–H groups in total. The van der Waals surface area contributed by atoms with Crippen molar-refractivity contribution in [1.82, 2.24) is 0 Å². The van der Waals surface area contributed by atoms with Crippen molar-refractivity contribution in [2.75, 3.05) is 33.5 Å². The van der Waals surface area contributed by atoms with Crippen LogP contribution in [0.1, 0.15) is 19.8 Å². The number of carboxylic acids is 1. The molecule has 90 valence electrons. The highest BCUT2D eigenvalue weighted by Crippen LogP contribution is 2.00. The molecule has 0 spiro atoms. The summed E-state index contributed by atoms with van der Waals surface area (Å²) in [6, 6.07) is 0. The maximum absolute atomic E-state index is 10.6. The van der Waals surface area contributed by atoms with E-state index >= 15 is 0 Å². The molecule has 0 aromatic rings. The molecule has 1 unspecified atom stereocenters. The fourth-order valence-corrected chi connectivity index (χ4v) is 1.03. The Hall–Kier alpha value is -0.650. The third-order valence-electron chi connectivity index (χ3n) is 1.79. The standard InChI is InChI=1S/C10H20O5/c1-3-4-9(10(11)12)15-8-7-14-6-5-13-2/h9H,3-8H2,1-2H3,(H,11,12)/p-1. The summed E-state index contributed by atoms with van der Waals surface area (Å²) >= 11 is 0. The third-order valence-corrected chi connectivity index (χ3v) is 1.79. The molecule has 0 aliphatic rings. The van der Waals surface area contributed by atoms with Crippen LogP contribution in [0.3, 0.4) is 0 Å². The van der Waals surface area contributed by atoms with Crippen LogP contribution < -0.4 is 5.11 Å². The number of carbonyl (C=O) groups is 1. The van der Waals surface area contributed by atoms with E-state index in [0.717, 1.165) is 6.42 Å². The molecule has 15 heavy (non-hydrogen) atoms. The lowest BCUT2D eigenvalue weighted by atomic mass is 10.2. The number of methoxy groups -OCH3 is 1. The van der Waals surface area contributed by atoms with Crippen LogP contribution in [0.25, 0.3) is 0 Å². The molecule has 0 rings (SSSR count). The highest BCUT2D eigenvalue weighted by atomic mass is 16.6. The maximum Gasteiger partial charge on any atom is 0.0969 e. The summed E-state index contributed by atoms with van der Waals surface area (Å²) in [5.74, 6) is -1.16. The van der Waals surface area contributed by atoms with Crippen LogP contribution in [0.15, 0.2) is 0 Å². The number of aliphatic carboxylic acids is 1. The second-order valence-electron chi connectivity index (χ2n) is 3.07. The third kappa shape index (κ3) is 8.35. The molecular formula is C10H19O5-. The lowest BCUT2D eigenvalue weighted by Crippen LogP contribution is -2.38. The molecule has 0 bridgehead atoms. The lowest BCUT2D eigenvalue weighted by Gasteiger charge is -2.17. The predicted molar refractivity (Wildman–Crippen MR) is 52.4 cm³/mol. The van der Waals surface area contributed by atoms with Gasteiger partial charge in [-0.05, 0) is 6.42 Å². The van der Waals surface area contributed by atoms with E-state index in [2.05, 4.69) is 0 Å². The summed E-state index contributed by atoms with van der Waals surface area (Å²) in [6.45, 7) is 3.55. The molecule has 0 aromatic carbocycles. The number of hydrogen-bond acceptors (Lipinski definition) is 5. The van der Waals surface area contributed by atoms with Gasteiger partial charge in [0.25, 0.3) is 0 Å². The van der Waals surface area contributed by atoms with E-state index in [0.29, 0.717) is 26.2 Å². The zero-order valence-corrected chi connectivity index (χ0v) is 9.36. The van der Waals surface area contributed by atoms with Crippen LogP contribution in [0.2, 0.25) is 0 Å². The average molecular weight is 219 g/mol. The molecule has 5 nitrogen and oxygen atoms in total. The molecule has 0 saturated carbocycles. The SMILES string of the molecule is CCCC(OCCOCCOC)C(=O)[O-]. The van der Waals surface area contributed by atoms with Gasteiger partial charge in [-0.15, -0.1) is 0 Å². The minimum absolute atomic E-state index is 0.266. The average Bonchev–Trinajstić information content (AvgIpc) is 2.21. The van der Waals surface area contributed by atoms with Gasteiger partial charge in [0.15, 0.2) is 0 Å². The molecule has 5 heteroatoms. The second-order valence-corrected chi connectivity index (χ2v) is 3.07. The van der Waals surface area contributed by atoms with Crippen molar-refractivity contribution in [3.05, 3.63) is 0 Å². The summed E-state index contributed by atoms with van der Waals surface area (Å²) < 4.78 is 15.0. The first-order valence-electron chi connectivity index (χ1n) is 5.11. The highest BCUT2D eigenvalue weighted by Gasteiger charge is 2.08. The Morgan fingerprint density at radius 1 is 1.27 bits per heavy atom. The zero-order valence-electron chi connectivity index (χ0n) is 9.36. The maximum atomic E-state index is 10.6. The number of carbonyl (C=O) groups excluding carboxylic acids is 1. The van der Waals surface area contributed by atoms with E-state index in [1.54, 1.807) is 7.11 Å². The largest absolute Gasteiger partial charge is 0.547 e. The van der Waals surface area contributed by atoms with E-state index in [1.807, 2.05) is 6.92 Å². The molecule has 0 aromatic heterocycles. The molecule has 0 aliphatic heterocycles. The molecule has 0 amide bonds. The van der Waals surface area contributed by atoms with E-state index in [-0.39, 0.29) is 6.61 Å². The van der Waals surface area contributed by atoms with Crippen LogP contribution in [-0.4, -0.2) is 45.6 Å². The molecule has 1 atom stereocenters. The highest BCUT2D eigenvalue weighted by molar-refractivity contribution is 5.69.